The summed E-state index contributed by atoms with van der Waals surface area (Å²) >= 11 is 0. The van der Waals surface area contributed by atoms with Crippen LogP contribution in [-0.2, 0) is 4.79 Å². The summed E-state index contributed by atoms with van der Waals surface area (Å²) in [6, 6.07) is 0.183. The topological polar surface area (TPSA) is 20.3 Å². The van der Waals surface area contributed by atoms with Gasteiger partial charge in [-0.2, -0.15) is 0 Å². The van der Waals surface area contributed by atoms with Crippen LogP contribution in [0.4, 0.5) is 0 Å². The molecule has 82 valence electrons. The second-order valence-electron chi connectivity index (χ2n) is 5.67. The molecule has 14 heavy (non-hydrogen) atoms. The number of nitrogens with zero attached hydrogens (tertiary/aromatic N) is 1. The molecule has 0 radical (unpaired) electrons. The molecule has 0 N–H and O–H groups in total. The second-order valence-corrected chi connectivity index (χ2v) is 8.52. The average molecular weight is 213 g/mol. The number of Topliss-reactive ketones (excluding diaryl/α,β-unsaturated/α-hetero) is 1. The molecule has 1 heterocycles. The first-order valence-corrected chi connectivity index (χ1v) is 8.45. The molecule has 0 aromatic heterocycles. The normalized spacial score (nSPS) is 25.9. The molecule has 0 spiro atoms. The summed E-state index contributed by atoms with van der Waals surface area (Å²) in [6.07, 6.45) is 1.86. The van der Waals surface area contributed by atoms with Gasteiger partial charge >= 0.3 is 0 Å². The van der Waals surface area contributed by atoms with Gasteiger partial charge in [0, 0.05) is 6.42 Å². The van der Waals surface area contributed by atoms with Crippen molar-refractivity contribution < 1.29 is 4.79 Å². The number of hydrogen-bond acceptors (Lipinski definition) is 2. The van der Waals surface area contributed by atoms with Crippen LogP contribution < -0.4 is 0 Å². The molecule has 2 nitrogen and oxygen atoms in total. The minimum atomic E-state index is -0.836. The Labute approximate surface area is 89.4 Å². The van der Waals surface area contributed by atoms with Crippen LogP contribution in [0.25, 0.3) is 0 Å². The van der Waals surface area contributed by atoms with Crippen LogP contribution in [-0.4, -0.2) is 31.9 Å². The minimum Gasteiger partial charge on any atom is -0.317 e. The standard InChI is InChI=1S/C11H23NOSi/c1-11(2,3)10-9(13)7-6-8-12(10)14(4)5/h10,14H,6-8H2,1-5H3. The summed E-state index contributed by atoms with van der Waals surface area (Å²) in [5, 5.41) is 0. The van der Waals surface area contributed by atoms with E-state index >= 15 is 0 Å². The fourth-order valence-electron chi connectivity index (χ4n) is 2.42. The number of hydrogen-bond donors (Lipinski definition) is 0. The molecular weight excluding hydrogens is 190 g/mol. The maximum Gasteiger partial charge on any atom is 0.149 e. The quantitative estimate of drug-likeness (QED) is 0.621. The van der Waals surface area contributed by atoms with Crippen LogP contribution in [0, 0.1) is 5.41 Å². The van der Waals surface area contributed by atoms with E-state index < -0.39 is 8.96 Å². The largest absolute Gasteiger partial charge is 0.317 e. The van der Waals surface area contributed by atoms with E-state index in [1.54, 1.807) is 0 Å². The molecule has 0 aliphatic carbocycles. The summed E-state index contributed by atoms with van der Waals surface area (Å²) in [5.74, 6) is 0.463. The molecule has 0 saturated carbocycles. The third kappa shape index (κ3) is 2.45. The monoisotopic (exact) mass is 213 g/mol. The first kappa shape index (κ1) is 11.9. The number of carbonyl (C=O) groups excluding carboxylic acids is 1. The number of carbonyl (C=O) groups is 1. The maximum absolute atomic E-state index is 11.9. The maximum atomic E-state index is 11.9. The highest BCUT2D eigenvalue weighted by molar-refractivity contribution is 6.53. The molecule has 0 aromatic carbocycles. The first-order chi connectivity index (χ1) is 6.34. The molecule has 0 bridgehead atoms. The third-order valence-electron chi connectivity index (χ3n) is 2.96. The van der Waals surface area contributed by atoms with Gasteiger partial charge in [0.25, 0.3) is 0 Å². The summed E-state index contributed by atoms with van der Waals surface area (Å²) < 4.78 is 2.49. The lowest BCUT2D eigenvalue weighted by Crippen LogP contribution is -2.56. The van der Waals surface area contributed by atoms with E-state index in [1.165, 1.54) is 0 Å². The predicted molar refractivity (Wildman–Crippen MR) is 63.1 cm³/mol. The van der Waals surface area contributed by atoms with Gasteiger partial charge in [0.15, 0.2) is 0 Å². The molecule has 1 aliphatic rings. The van der Waals surface area contributed by atoms with Crippen LogP contribution in [0.3, 0.4) is 0 Å². The highest BCUT2D eigenvalue weighted by Crippen LogP contribution is 2.30. The van der Waals surface area contributed by atoms with Gasteiger partial charge in [0.05, 0.1) is 6.04 Å². The smallest absolute Gasteiger partial charge is 0.149 e. The number of ketones is 1. The summed E-state index contributed by atoms with van der Waals surface area (Å²) in [7, 11) is -0.836. The van der Waals surface area contributed by atoms with Gasteiger partial charge in [-0.1, -0.05) is 33.9 Å². The molecule has 0 aromatic rings. The Balaban J connectivity index is 2.87. The van der Waals surface area contributed by atoms with Crippen molar-refractivity contribution in [3.63, 3.8) is 0 Å². The number of rotatable bonds is 1. The van der Waals surface area contributed by atoms with E-state index in [9.17, 15) is 4.79 Å². The Morgan fingerprint density at radius 2 is 1.93 bits per heavy atom. The van der Waals surface area contributed by atoms with Gasteiger partial charge in [0.1, 0.15) is 14.7 Å². The van der Waals surface area contributed by atoms with E-state index in [0.717, 1.165) is 19.4 Å². The molecule has 1 fully saturated rings. The van der Waals surface area contributed by atoms with E-state index in [-0.39, 0.29) is 11.5 Å². The van der Waals surface area contributed by atoms with Crippen molar-refractivity contribution in [2.24, 2.45) is 5.41 Å². The molecule has 1 rings (SSSR count). The molecule has 3 heteroatoms. The molecule has 1 atom stereocenters. The molecule has 1 unspecified atom stereocenters. The fraction of sp³-hybridized carbons (Fsp3) is 0.909. The van der Waals surface area contributed by atoms with Crippen molar-refractivity contribution in [1.82, 2.24) is 4.57 Å². The molecule has 1 aliphatic heterocycles. The Morgan fingerprint density at radius 1 is 1.36 bits per heavy atom. The van der Waals surface area contributed by atoms with Crippen molar-refractivity contribution in [2.75, 3.05) is 6.54 Å². The van der Waals surface area contributed by atoms with Crippen LogP contribution in [0.1, 0.15) is 33.6 Å². The van der Waals surface area contributed by atoms with E-state index in [0.29, 0.717) is 5.78 Å². The van der Waals surface area contributed by atoms with Gasteiger partial charge in [-0.05, 0) is 18.4 Å². The Morgan fingerprint density at radius 3 is 2.29 bits per heavy atom. The summed E-state index contributed by atoms with van der Waals surface area (Å²) in [4.78, 5) is 11.9. The van der Waals surface area contributed by atoms with Crippen molar-refractivity contribution in [3.8, 4) is 0 Å². The van der Waals surface area contributed by atoms with Gasteiger partial charge < -0.3 is 4.57 Å². The highest BCUT2D eigenvalue weighted by Gasteiger charge is 2.39. The molecule has 0 amide bonds. The average Bonchev–Trinajstić information content (AvgIpc) is 2.01. The van der Waals surface area contributed by atoms with Gasteiger partial charge in [-0.25, -0.2) is 0 Å². The highest BCUT2D eigenvalue weighted by atomic mass is 28.3. The van der Waals surface area contributed by atoms with Crippen LogP contribution >= 0.6 is 0 Å². The lowest BCUT2D eigenvalue weighted by Gasteiger charge is -2.44. The van der Waals surface area contributed by atoms with E-state index in [4.69, 9.17) is 0 Å². The summed E-state index contributed by atoms with van der Waals surface area (Å²) in [5.41, 5.74) is 0.106. The van der Waals surface area contributed by atoms with Crippen molar-refractivity contribution in [3.05, 3.63) is 0 Å². The van der Waals surface area contributed by atoms with E-state index in [2.05, 4.69) is 38.4 Å². The lowest BCUT2D eigenvalue weighted by molar-refractivity contribution is -0.128. The van der Waals surface area contributed by atoms with Crippen LogP contribution in [0.2, 0.25) is 13.1 Å². The van der Waals surface area contributed by atoms with Crippen molar-refractivity contribution in [2.45, 2.75) is 52.7 Å². The fourth-order valence-corrected chi connectivity index (χ4v) is 4.33. The minimum absolute atomic E-state index is 0.106. The van der Waals surface area contributed by atoms with E-state index in [1.807, 2.05) is 0 Å². The first-order valence-electron chi connectivity index (χ1n) is 5.62. The Hall–Kier alpha value is -0.153. The lowest BCUT2D eigenvalue weighted by atomic mass is 9.81. The van der Waals surface area contributed by atoms with Crippen molar-refractivity contribution >= 4 is 14.7 Å². The number of piperidine rings is 1. The van der Waals surface area contributed by atoms with Crippen molar-refractivity contribution in [1.29, 1.82) is 0 Å². The SMILES string of the molecule is C[SiH](C)N1CCCC(=O)C1C(C)(C)C. The van der Waals surface area contributed by atoms with Gasteiger partial charge in [-0.3, -0.25) is 4.79 Å². The van der Waals surface area contributed by atoms with Crippen LogP contribution in [0.5, 0.6) is 0 Å². The second kappa shape index (κ2) is 4.15. The van der Waals surface area contributed by atoms with Gasteiger partial charge in [-0.15, -0.1) is 0 Å². The zero-order chi connectivity index (χ0) is 10.9. The zero-order valence-electron chi connectivity index (χ0n) is 10.1. The van der Waals surface area contributed by atoms with Crippen LogP contribution in [0.15, 0.2) is 0 Å². The molecular formula is C11H23NOSi. The molecule has 1 saturated heterocycles. The Kier molecular flexibility index (Phi) is 3.53. The summed E-state index contributed by atoms with van der Waals surface area (Å²) in [6.45, 7) is 12.3. The zero-order valence-corrected chi connectivity index (χ0v) is 11.3. The Bertz CT molecular complexity index is 220. The van der Waals surface area contributed by atoms with Gasteiger partial charge in [0.2, 0.25) is 0 Å². The predicted octanol–water partition coefficient (Wildman–Crippen LogP) is 2.05. The third-order valence-corrected chi connectivity index (χ3v) is 4.84.